The van der Waals surface area contributed by atoms with Gasteiger partial charge in [0.2, 0.25) is 0 Å². The molecule has 6 nitrogen and oxygen atoms in total. The van der Waals surface area contributed by atoms with Crippen LogP contribution in [0.3, 0.4) is 0 Å². The van der Waals surface area contributed by atoms with Gasteiger partial charge in [0.1, 0.15) is 17.2 Å². The Bertz CT molecular complexity index is 1050. The van der Waals surface area contributed by atoms with E-state index in [-0.39, 0.29) is 17.4 Å². The lowest BCUT2D eigenvalue weighted by atomic mass is 10.1. The molecule has 0 unspecified atom stereocenters. The number of ether oxygens (including phenoxy) is 1. The number of nitrogens with zero attached hydrogens (tertiary/aromatic N) is 2. The maximum absolute atomic E-state index is 13.7. The molecule has 1 aromatic heterocycles. The Kier molecular flexibility index (Phi) is 6.13. The highest BCUT2D eigenvalue weighted by molar-refractivity contribution is 6.33. The minimum absolute atomic E-state index is 0.000620. The van der Waals surface area contributed by atoms with Gasteiger partial charge in [-0.3, -0.25) is 9.78 Å². The van der Waals surface area contributed by atoms with Crippen molar-refractivity contribution in [1.29, 1.82) is 0 Å². The van der Waals surface area contributed by atoms with Crippen molar-refractivity contribution >= 4 is 29.3 Å². The maximum atomic E-state index is 13.7. The Morgan fingerprint density at radius 3 is 2.41 bits per heavy atom. The molecule has 3 aromatic rings. The number of rotatable bonds is 5. The van der Waals surface area contributed by atoms with Crippen LogP contribution in [0.4, 0.5) is 14.6 Å². The molecule has 9 heteroatoms. The summed E-state index contributed by atoms with van der Waals surface area (Å²) in [7, 11) is 0. The minimum Gasteiger partial charge on any atom is -0.462 e. The molecule has 0 atom stereocenters. The molecule has 3 rings (SSSR count). The summed E-state index contributed by atoms with van der Waals surface area (Å²) in [4.78, 5) is 32.0. The second-order valence-corrected chi connectivity index (χ2v) is 6.16. The molecule has 0 fully saturated rings. The van der Waals surface area contributed by atoms with Crippen molar-refractivity contribution in [3.05, 3.63) is 76.6 Å². The van der Waals surface area contributed by atoms with Crippen LogP contribution in [0.2, 0.25) is 5.02 Å². The van der Waals surface area contributed by atoms with Crippen molar-refractivity contribution in [1.82, 2.24) is 9.97 Å². The van der Waals surface area contributed by atoms with Crippen molar-refractivity contribution < 1.29 is 23.1 Å². The van der Waals surface area contributed by atoms with E-state index in [1.165, 1.54) is 24.5 Å². The van der Waals surface area contributed by atoms with E-state index >= 15 is 0 Å². The van der Waals surface area contributed by atoms with Crippen molar-refractivity contribution in [3.63, 3.8) is 0 Å². The summed E-state index contributed by atoms with van der Waals surface area (Å²) in [6.45, 7) is 1.94. The molecule has 0 bridgehead atoms. The highest BCUT2D eigenvalue weighted by Gasteiger charge is 2.18. The molecule has 0 aliphatic carbocycles. The van der Waals surface area contributed by atoms with E-state index in [1.807, 2.05) is 0 Å². The summed E-state index contributed by atoms with van der Waals surface area (Å²) < 4.78 is 32.3. The molecule has 0 aliphatic heterocycles. The summed E-state index contributed by atoms with van der Waals surface area (Å²) in [6.07, 6.45) is 2.56. The molecule has 1 heterocycles. The van der Waals surface area contributed by atoms with Crippen molar-refractivity contribution in [2.75, 3.05) is 11.9 Å². The van der Waals surface area contributed by atoms with Crippen molar-refractivity contribution in [2.24, 2.45) is 0 Å². The average molecular weight is 418 g/mol. The molecule has 148 valence electrons. The number of hydrogen-bond acceptors (Lipinski definition) is 5. The van der Waals surface area contributed by atoms with Gasteiger partial charge in [-0.2, -0.15) is 0 Å². The number of carbonyl (C=O) groups is 2. The number of nitrogens with one attached hydrogen (secondary N) is 1. The van der Waals surface area contributed by atoms with Gasteiger partial charge in [-0.25, -0.2) is 18.6 Å². The van der Waals surface area contributed by atoms with Gasteiger partial charge in [-0.05, 0) is 31.2 Å². The van der Waals surface area contributed by atoms with Gasteiger partial charge < -0.3 is 10.1 Å². The Balaban J connectivity index is 1.78. The number of hydrogen-bond donors (Lipinski definition) is 1. The lowest BCUT2D eigenvalue weighted by Crippen LogP contribution is -2.16. The molecule has 0 saturated heterocycles. The van der Waals surface area contributed by atoms with E-state index in [9.17, 15) is 18.4 Å². The van der Waals surface area contributed by atoms with Crippen molar-refractivity contribution in [2.45, 2.75) is 6.92 Å². The van der Waals surface area contributed by atoms with Gasteiger partial charge in [0.25, 0.3) is 5.91 Å². The van der Waals surface area contributed by atoms with Crippen LogP contribution in [0, 0.1) is 11.6 Å². The fraction of sp³-hybridized carbons (Fsp3) is 0.100. The first-order chi connectivity index (χ1) is 13.9. The van der Waals surface area contributed by atoms with Crippen LogP contribution in [0.1, 0.15) is 27.6 Å². The quantitative estimate of drug-likeness (QED) is 0.618. The number of amides is 1. The third-order valence-electron chi connectivity index (χ3n) is 3.84. The molecular weight excluding hydrogens is 404 g/mol. The minimum atomic E-state index is -0.987. The molecule has 0 radical (unpaired) electrons. The van der Waals surface area contributed by atoms with E-state index < -0.39 is 29.1 Å². The first kappa shape index (κ1) is 20.3. The monoisotopic (exact) mass is 417 g/mol. The third kappa shape index (κ3) is 4.55. The van der Waals surface area contributed by atoms with E-state index in [1.54, 1.807) is 13.0 Å². The van der Waals surface area contributed by atoms with Gasteiger partial charge in [0, 0.05) is 5.56 Å². The van der Waals surface area contributed by atoms with Crippen molar-refractivity contribution in [3.8, 4) is 11.3 Å². The van der Waals surface area contributed by atoms with Gasteiger partial charge in [-0.15, -0.1) is 0 Å². The number of esters is 1. The van der Waals surface area contributed by atoms with E-state index in [0.29, 0.717) is 16.8 Å². The number of carbonyl (C=O) groups excluding carboxylic acids is 2. The first-order valence-corrected chi connectivity index (χ1v) is 8.83. The van der Waals surface area contributed by atoms with Crippen LogP contribution in [0.25, 0.3) is 11.3 Å². The fourth-order valence-corrected chi connectivity index (χ4v) is 2.77. The average Bonchev–Trinajstić information content (AvgIpc) is 2.69. The molecule has 0 aliphatic rings. The molecule has 29 heavy (non-hydrogen) atoms. The summed E-state index contributed by atoms with van der Waals surface area (Å²) in [5, 5.41) is 2.54. The molecule has 0 saturated carbocycles. The normalized spacial score (nSPS) is 10.5. The topological polar surface area (TPSA) is 81.2 Å². The lowest BCUT2D eigenvalue weighted by molar-refractivity contribution is 0.0526. The zero-order valence-corrected chi connectivity index (χ0v) is 15.8. The predicted molar refractivity (Wildman–Crippen MR) is 103 cm³/mol. The van der Waals surface area contributed by atoms with E-state index in [4.69, 9.17) is 16.3 Å². The molecule has 0 spiro atoms. The Morgan fingerprint density at radius 2 is 1.83 bits per heavy atom. The standard InChI is InChI=1S/C20H14ClF2N3O3/c1-2-29-20(28)11-6-7-12(13(21)8-11)16-9-25-17(10-24-16)26-19(27)18-14(22)4-3-5-15(18)23/h3-10H,2H2,1H3,(H,25,26,27). The van der Waals surface area contributed by atoms with Crippen LogP contribution in [-0.2, 0) is 4.74 Å². The van der Waals surface area contributed by atoms with E-state index in [0.717, 1.165) is 18.2 Å². The smallest absolute Gasteiger partial charge is 0.338 e. The van der Waals surface area contributed by atoms with Crippen LogP contribution in [0.15, 0.2) is 48.8 Å². The lowest BCUT2D eigenvalue weighted by Gasteiger charge is -2.08. The van der Waals surface area contributed by atoms with Crippen LogP contribution < -0.4 is 5.32 Å². The predicted octanol–water partition coefficient (Wildman–Crippen LogP) is 4.50. The Morgan fingerprint density at radius 1 is 1.10 bits per heavy atom. The van der Waals surface area contributed by atoms with Crippen LogP contribution in [0.5, 0.6) is 0 Å². The summed E-state index contributed by atoms with van der Waals surface area (Å²) >= 11 is 6.22. The molecule has 1 amide bonds. The summed E-state index contributed by atoms with van der Waals surface area (Å²) in [5.41, 5.74) is 0.464. The number of aromatic nitrogens is 2. The second-order valence-electron chi connectivity index (χ2n) is 5.75. The van der Waals surface area contributed by atoms with Gasteiger partial charge >= 0.3 is 5.97 Å². The summed E-state index contributed by atoms with van der Waals surface area (Å²) in [6, 6.07) is 7.70. The highest BCUT2D eigenvalue weighted by atomic mass is 35.5. The largest absolute Gasteiger partial charge is 0.462 e. The van der Waals surface area contributed by atoms with Gasteiger partial charge in [-0.1, -0.05) is 23.7 Å². The first-order valence-electron chi connectivity index (χ1n) is 8.45. The van der Waals surface area contributed by atoms with Crippen LogP contribution >= 0.6 is 11.6 Å². The zero-order chi connectivity index (χ0) is 21.0. The SMILES string of the molecule is CCOC(=O)c1ccc(-c2cnc(NC(=O)c3c(F)cccc3F)cn2)c(Cl)c1. The number of anilines is 1. The summed E-state index contributed by atoms with van der Waals surface area (Å²) in [5.74, 6) is -3.45. The molecule has 2 aromatic carbocycles. The maximum Gasteiger partial charge on any atom is 0.338 e. The fourth-order valence-electron chi connectivity index (χ4n) is 2.49. The second kappa shape index (κ2) is 8.74. The highest BCUT2D eigenvalue weighted by Crippen LogP contribution is 2.27. The Labute approximate surface area is 169 Å². The van der Waals surface area contributed by atoms with E-state index in [2.05, 4.69) is 15.3 Å². The van der Waals surface area contributed by atoms with Gasteiger partial charge in [0.15, 0.2) is 5.82 Å². The molecule has 1 N–H and O–H groups in total. The Hall–Kier alpha value is -3.39. The number of halogens is 3. The van der Waals surface area contributed by atoms with Gasteiger partial charge in [0.05, 0.1) is 35.3 Å². The van der Waals surface area contributed by atoms with Crippen LogP contribution in [-0.4, -0.2) is 28.5 Å². The third-order valence-corrected chi connectivity index (χ3v) is 4.15. The zero-order valence-electron chi connectivity index (χ0n) is 15.1. The molecular formula is C20H14ClF2N3O3. The number of benzene rings is 2.